The van der Waals surface area contributed by atoms with Gasteiger partial charge in [0, 0.05) is 27.7 Å². The largest absolute Gasteiger partial charge is 0.505 e. The molecule has 1 rings (SSSR count). The Morgan fingerprint density at radius 2 is 2.31 bits per heavy atom. The van der Waals surface area contributed by atoms with Crippen LogP contribution in [0.5, 0.6) is 5.75 Å². The Kier molecular flexibility index (Phi) is 4.77. The maximum atomic E-state index is 13.2. The third-order valence-corrected chi connectivity index (χ3v) is 2.72. The molecule has 1 unspecified atom stereocenters. The second-order valence-electron chi connectivity index (χ2n) is 3.45. The van der Waals surface area contributed by atoms with Gasteiger partial charge in [0.2, 0.25) is 0 Å². The molecule has 0 amide bonds. The number of phenols is 1. The van der Waals surface area contributed by atoms with Crippen LogP contribution in [0.2, 0.25) is 0 Å². The molecule has 0 bridgehead atoms. The molecule has 0 radical (unpaired) electrons. The number of phenolic OH excluding ortho intramolecular Hbond substituents is 1. The minimum Gasteiger partial charge on any atom is -0.505 e. The summed E-state index contributed by atoms with van der Waals surface area (Å²) in [5.41, 5.74) is 0.477. The van der Waals surface area contributed by atoms with Gasteiger partial charge in [-0.25, -0.2) is 4.39 Å². The first-order valence-electron chi connectivity index (χ1n) is 4.66. The first-order valence-corrected chi connectivity index (χ1v) is 5.83. The summed E-state index contributed by atoms with van der Waals surface area (Å²) in [6, 6.07) is 2.65. The van der Waals surface area contributed by atoms with Crippen molar-refractivity contribution in [3.63, 3.8) is 0 Å². The Balaban J connectivity index is 2.90. The Morgan fingerprint density at radius 1 is 1.69 bits per heavy atom. The average Bonchev–Trinajstić information content (AvgIpc) is 2.19. The lowest BCUT2D eigenvalue weighted by molar-refractivity contribution is 0.416. The van der Waals surface area contributed by atoms with E-state index < -0.39 is 5.82 Å². The van der Waals surface area contributed by atoms with E-state index in [0.717, 1.165) is 0 Å². The summed E-state index contributed by atoms with van der Waals surface area (Å²) >= 11 is 8.78. The maximum Gasteiger partial charge on any atom is 0.166 e. The molecule has 1 aromatic rings. The van der Waals surface area contributed by atoms with Gasteiger partial charge in [-0.3, -0.25) is 0 Å². The average molecular weight is 309 g/mol. The number of benzene rings is 1. The molecule has 0 aliphatic heterocycles. The molecule has 0 aliphatic carbocycles. The lowest BCUT2D eigenvalue weighted by Crippen LogP contribution is -2.20. The van der Waals surface area contributed by atoms with Crippen molar-refractivity contribution in [3.05, 3.63) is 39.6 Å². The number of aromatic hydroxyl groups is 1. The van der Waals surface area contributed by atoms with Crippen LogP contribution in [0.3, 0.4) is 0 Å². The van der Waals surface area contributed by atoms with Crippen LogP contribution in [-0.2, 0) is 0 Å². The van der Waals surface area contributed by atoms with Crippen LogP contribution < -0.4 is 5.32 Å². The minimum atomic E-state index is -0.650. The molecule has 0 saturated carbocycles. The predicted octanol–water partition coefficient (Wildman–Crippen LogP) is 3.70. The van der Waals surface area contributed by atoms with Crippen LogP contribution in [0.1, 0.15) is 18.5 Å². The first-order chi connectivity index (χ1) is 7.41. The highest BCUT2D eigenvalue weighted by atomic mass is 79.9. The molecular weight excluding hydrogens is 296 g/mol. The topological polar surface area (TPSA) is 32.3 Å². The first kappa shape index (κ1) is 13.5. The quantitative estimate of drug-likeness (QED) is 0.889. The Hall–Kier alpha value is -0.580. The van der Waals surface area contributed by atoms with Gasteiger partial charge in [-0.05, 0) is 19.1 Å². The van der Waals surface area contributed by atoms with Crippen LogP contribution in [0.15, 0.2) is 28.2 Å². The SMILES string of the molecule is C=C(Cl)CNC(C)c1cc(Br)cc(F)c1O. The molecule has 2 nitrogen and oxygen atoms in total. The van der Waals surface area contributed by atoms with Gasteiger partial charge in [0.05, 0.1) is 0 Å². The standard InChI is InChI=1S/C11H12BrClFNO/c1-6(13)5-15-7(2)9-3-8(12)4-10(14)11(9)16/h3-4,7,15-16H,1,5H2,2H3. The van der Waals surface area contributed by atoms with E-state index in [1.165, 1.54) is 6.07 Å². The van der Waals surface area contributed by atoms with Gasteiger partial charge in [-0.2, -0.15) is 0 Å². The highest BCUT2D eigenvalue weighted by Crippen LogP contribution is 2.30. The van der Waals surface area contributed by atoms with Crippen LogP contribution in [0, 0.1) is 5.82 Å². The summed E-state index contributed by atoms with van der Waals surface area (Å²) in [4.78, 5) is 0. The van der Waals surface area contributed by atoms with Gasteiger partial charge in [0.15, 0.2) is 11.6 Å². The Labute approximate surface area is 107 Å². The monoisotopic (exact) mass is 307 g/mol. The molecule has 0 spiro atoms. The fourth-order valence-corrected chi connectivity index (χ4v) is 1.81. The van der Waals surface area contributed by atoms with E-state index in [9.17, 15) is 9.50 Å². The Morgan fingerprint density at radius 3 is 2.88 bits per heavy atom. The molecule has 88 valence electrons. The lowest BCUT2D eigenvalue weighted by atomic mass is 10.1. The third-order valence-electron chi connectivity index (χ3n) is 2.12. The highest BCUT2D eigenvalue weighted by Gasteiger charge is 2.14. The number of hydrogen-bond donors (Lipinski definition) is 2. The van der Waals surface area contributed by atoms with Gasteiger partial charge < -0.3 is 10.4 Å². The summed E-state index contributed by atoms with van der Waals surface area (Å²) < 4.78 is 13.8. The van der Waals surface area contributed by atoms with Gasteiger partial charge in [-0.15, -0.1) is 0 Å². The van der Waals surface area contributed by atoms with Gasteiger partial charge in [0.25, 0.3) is 0 Å². The van der Waals surface area contributed by atoms with Crippen molar-refractivity contribution in [2.75, 3.05) is 6.54 Å². The zero-order valence-corrected chi connectivity index (χ0v) is 11.1. The molecule has 16 heavy (non-hydrogen) atoms. The van der Waals surface area contributed by atoms with E-state index in [1.54, 1.807) is 13.0 Å². The zero-order chi connectivity index (χ0) is 12.3. The van der Waals surface area contributed by atoms with E-state index in [1.807, 2.05) is 0 Å². The summed E-state index contributed by atoms with van der Waals surface area (Å²) in [6.07, 6.45) is 0. The molecule has 0 aromatic heterocycles. The van der Waals surface area contributed by atoms with Gasteiger partial charge in [0.1, 0.15) is 0 Å². The van der Waals surface area contributed by atoms with E-state index >= 15 is 0 Å². The second-order valence-corrected chi connectivity index (χ2v) is 4.90. The minimum absolute atomic E-state index is 0.220. The van der Waals surface area contributed by atoms with Crippen LogP contribution >= 0.6 is 27.5 Å². The summed E-state index contributed by atoms with van der Waals surface area (Å²) in [5.74, 6) is -0.994. The molecule has 0 fully saturated rings. The van der Waals surface area contributed by atoms with Crippen molar-refractivity contribution in [2.24, 2.45) is 0 Å². The zero-order valence-electron chi connectivity index (χ0n) is 8.73. The molecule has 0 aliphatic rings. The molecule has 2 N–H and O–H groups in total. The van der Waals surface area contributed by atoms with Crippen molar-refractivity contribution in [1.29, 1.82) is 0 Å². The van der Waals surface area contributed by atoms with Gasteiger partial charge >= 0.3 is 0 Å². The number of nitrogens with one attached hydrogen (secondary N) is 1. The van der Waals surface area contributed by atoms with Crippen LogP contribution in [-0.4, -0.2) is 11.7 Å². The fraction of sp³-hybridized carbons (Fsp3) is 0.273. The van der Waals surface area contributed by atoms with Crippen LogP contribution in [0.25, 0.3) is 0 Å². The van der Waals surface area contributed by atoms with E-state index in [2.05, 4.69) is 27.8 Å². The molecule has 5 heteroatoms. The van der Waals surface area contributed by atoms with E-state index in [-0.39, 0.29) is 11.8 Å². The molecule has 1 aromatic carbocycles. The van der Waals surface area contributed by atoms with Crippen molar-refractivity contribution in [3.8, 4) is 5.75 Å². The fourth-order valence-electron chi connectivity index (χ4n) is 1.29. The molecule has 1 atom stereocenters. The van der Waals surface area contributed by atoms with E-state index in [0.29, 0.717) is 21.6 Å². The lowest BCUT2D eigenvalue weighted by Gasteiger charge is -2.16. The normalized spacial score (nSPS) is 12.5. The highest BCUT2D eigenvalue weighted by molar-refractivity contribution is 9.10. The van der Waals surface area contributed by atoms with E-state index in [4.69, 9.17) is 11.6 Å². The van der Waals surface area contributed by atoms with Crippen molar-refractivity contribution in [1.82, 2.24) is 5.32 Å². The molecular formula is C11H12BrClFNO. The molecule has 0 heterocycles. The summed E-state index contributed by atoms with van der Waals surface area (Å²) in [5, 5.41) is 13.0. The predicted molar refractivity (Wildman–Crippen MR) is 67.2 cm³/mol. The smallest absolute Gasteiger partial charge is 0.166 e. The molecule has 0 saturated heterocycles. The van der Waals surface area contributed by atoms with Crippen molar-refractivity contribution in [2.45, 2.75) is 13.0 Å². The van der Waals surface area contributed by atoms with Gasteiger partial charge in [-0.1, -0.05) is 34.1 Å². The number of halogens is 3. The Bertz CT molecular complexity index is 411. The third kappa shape index (κ3) is 3.47. The van der Waals surface area contributed by atoms with Crippen molar-refractivity contribution < 1.29 is 9.50 Å². The number of rotatable bonds is 4. The maximum absolute atomic E-state index is 13.2. The summed E-state index contributed by atoms with van der Waals surface area (Å²) in [7, 11) is 0. The second kappa shape index (κ2) is 5.66. The summed E-state index contributed by atoms with van der Waals surface area (Å²) in [6.45, 7) is 5.74. The number of hydrogen-bond acceptors (Lipinski definition) is 2. The van der Waals surface area contributed by atoms with Crippen molar-refractivity contribution >= 4 is 27.5 Å². The van der Waals surface area contributed by atoms with Crippen LogP contribution in [0.4, 0.5) is 4.39 Å².